The average Bonchev–Trinajstić information content (AvgIpc) is 3.69. The second-order valence-corrected chi connectivity index (χ2v) is 18.0. The predicted molar refractivity (Wildman–Crippen MR) is 269 cm³/mol. The Morgan fingerprint density at radius 3 is 1.22 bits per heavy atom. The van der Waals surface area contributed by atoms with Crippen molar-refractivity contribution in [2.45, 2.75) is 45.4 Å². The molecule has 306 valence electrons. The third-order valence-electron chi connectivity index (χ3n) is 13.4. The lowest BCUT2D eigenvalue weighted by atomic mass is 9.82. The van der Waals surface area contributed by atoms with Gasteiger partial charge in [0, 0.05) is 45.0 Å². The van der Waals surface area contributed by atoms with Crippen molar-refractivity contribution in [2.24, 2.45) is 0 Å². The molecule has 0 aromatic heterocycles. The Labute approximate surface area is 373 Å². The van der Waals surface area contributed by atoms with Crippen LogP contribution in [0.5, 0.6) is 0 Å². The second kappa shape index (κ2) is 15.8. The van der Waals surface area contributed by atoms with Gasteiger partial charge in [-0.2, -0.15) is 0 Å². The van der Waals surface area contributed by atoms with E-state index in [0.29, 0.717) is 0 Å². The number of benzene rings is 8. The van der Waals surface area contributed by atoms with Crippen LogP contribution >= 0.6 is 0 Å². The van der Waals surface area contributed by atoms with Crippen LogP contribution in [0.3, 0.4) is 0 Å². The number of allylic oxidation sites excluding steroid dienone is 5. The van der Waals surface area contributed by atoms with Gasteiger partial charge in [0.25, 0.3) is 0 Å². The molecule has 0 spiro atoms. The van der Waals surface area contributed by atoms with Gasteiger partial charge in [-0.25, -0.2) is 0 Å². The Hall–Kier alpha value is -7.42. The highest BCUT2D eigenvalue weighted by atomic mass is 15.1. The van der Waals surface area contributed by atoms with Crippen molar-refractivity contribution in [1.29, 1.82) is 0 Å². The molecule has 63 heavy (non-hydrogen) atoms. The minimum Gasteiger partial charge on any atom is -0.310 e. The van der Waals surface area contributed by atoms with Gasteiger partial charge in [-0.3, -0.25) is 0 Å². The van der Waals surface area contributed by atoms with Gasteiger partial charge >= 0.3 is 0 Å². The normalized spacial score (nSPS) is 14.1. The number of para-hydroxylation sites is 2. The van der Waals surface area contributed by atoms with Gasteiger partial charge < -0.3 is 9.80 Å². The van der Waals surface area contributed by atoms with Crippen molar-refractivity contribution in [3.8, 4) is 22.3 Å². The number of hydrogen-bond acceptors (Lipinski definition) is 2. The zero-order valence-electron chi connectivity index (χ0n) is 36.8. The lowest BCUT2D eigenvalue weighted by molar-refractivity contribution is 0.660. The summed E-state index contributed by atoms with van der Waals surface area (Å²) in [5.74, 6) is 0. The molecule has 10 rings (SSSR count). The summed E-state index contributed by atoms with van der Waals surface area (Å²) < 4.78 is 0. The Morgan fingerprint density at radius 2 is 0.762 bits per heavy atom. The molecule has 0 N–H and O–H groups in total. The van der Waals surface area contributed by atoms with E-state index in [1.54, 1.807) is 0 Å². The van der Waals surface area contributed by atoms with Crippen LogP contribution in [0.25, 0.3) is 33.4 Å². The molecule has 0 atom stereocenters. The van der Waals surface area contributed by atoms with E-state index in [-0.39, 0.29) is 10.8 Å². The first-order chi connectivity index (χ1) is 30.6. The molecule has 0 heterocycles. The lowest BCUT2D eigenvalue weighted by Crippen LogP contribution is -2.16. The molecule has 0 amide bonds. The largest absolute Gasteiger partial charge is 0.310 e. The molecule has 0 bridgehead atoms. The average molecular weight is 813 g/mol. The molecule has 0 saturated carbocycles. The summed E-state index contributed by atoms with van der Waals surface area (Å²) in [6.07, 6.45) is 6.39. The maximum Gasteiger partial charge on any atom is 0.0465 e. The van der Waals surface area contributed by atoms with Crippen LogP contribution in [0.1, 0.15) is 68.0 Å². The maximum atomic E-state index is 4.46. The molecule has 0 aliphatic heterocycles. The van der Waals surface area contributed by atoms with Gasteiger partial charge in [-0.15, -0.1) is 0 Å². The lowest BCUT2D eigenvalue weighted by Gasteiger charge is -2.28. The fourth-order valence-electron chi connectivity index (χ4n) is 9.91. The smallest absolute Gasteiger partial charge is 0.0465 e. The highest BCUT2D eigenvalue weighted by Gasteiger charge is 2.37. The third kappa shape index (κ3) is 7.02. The first kappa shape index (κ1) is 39.7. The predicted octanol–water partition coefficient (Wildman–Crippen LogP) is 16.9. The Balaban J connectivity index is 0.874. The van der Waals surface area contributed by atoms with E-state index < -0.39 is 0 Å². The van der Waals surface area contributed by atoms with Crippen LogP contribution in [0.4, 0.5) is 34.1 Å². The Kier molecular flexibility index (Phi) is 9.96. The van der Waals surface area contributed by atoms with Gasteiger partial charge in [0.05, 0.1) is 0 Å². The molecule has 0 unspecified atom stereocenters. The van der Waals surface area contributed by atoms with Crippen LogP contribution in [0, 0.1) is 0 Å². The van der Waals surface area contributed by atoms with Gasteiger partial charge in [-0.05, 0) is 147 Å². The molecule has 2 aliphatic carbocycles. The molecule has 2 heteroatoms. The first-order valence-corrected chi connectivity index (χ1v) is 22.0. The van der Waals surface area contributed by atoms with Gasteiger partial charge in [0.2, 0.25) is 0 Å². The van der Waals surface area contributed by atoms with Crippen LogP contribution in [-0.4, -0.2) is 0 Å². The fraction of sp³-hybridized carbons (Fsp3) is 0.115. The van der Waals surface area contributed by atoms with Gasteiger partial charge in [-0.1, -0.05) is 174 Å². The second-order valence-electron chi connectivity index (χ2n) is 18.0. The SMILES string of the molecule is C=C(/C=C\C=C(/C)c1ccc(N(c2ccccc2)c2ccc3c(c2)C(C)(C)c2ccccc2-3)cc1)c1ccc(N(c2ccccc2)c2ccc3c(c2)C(C)(C)c2ccccc2-3)cc1. The highest BCUT2D eigenvalue weighted by Crippen LogP contribution is 2.52. The monoisotopic (exact) mass is 812 g/mol. The summed E-state index contributed by atoms with van der Waals surface area (Å²) in [4.78, 5) is 4.71. The number of anilines is 6. The number of hydrogen-bond donors (Lipinski definition) is 0. The third-order valence-corrected chi connectivity index (χ3v) is 13.4. The molecule has 0 radical (unpaired) electrons. The summed E-state index contributed by atoms with van der Waals surface area (Å²) in [5.41, 5.74) is 21.9. The minimum absolute atomic E-state index is 0.0726. The van der Waals surface area contributed by atoms with Crippen molar-refractivity contribution >= 4 is 45.3 Å². The van der Waals surface area contributed by atoms with E-state index in [1.165, 1.54) is 55.6 Å². The molecular formula is C61H52N2. The molecule has 2 nitrogen and oxygen atoms in total. The molecular weight excluding hydrogens is 761 g/mol. The number of rotatable bonds is 10. The zero-order chi connectivity index (χ0) is 43.3. The van der Waals surface area contributed by atoms with Crippen molar-refractivity contribution in [1.82, 2.24) is 0 Å². The quantitative estimate of drug-likeness (QED) is 0.127. The van der Waals surface area contributed by atoms with E-state index in [1.807, 2.05) is 0 Å². The van der Waals surface area contributed by atoms with Crippen molar-refractivity contribution in [3.63, 3.8) is 0 Å². The van der Waals surface area contributed by atoms with Crippen LogP contribution in [0.15, 0.2) is 219 Å². The van der Waals surface area contributed by atoms with E-state index in [9.17, 15) is 0 Å². The van der Waals surface area contributed by atoms with Crippen molar-refractivity contribution in [2.75, 3.05) is 9.80 Å². The molecule has 0 saturated heterocycles. The van der Waals surface area contributed by atoms with E-state index in [2.05, 4.69) is 263 Å². The highest BCUT2D eigenvalue weighted by molar-refractivity contribution is 5.88. The van der Waals surface area contributed by atoms with Crippen LogP contribution in [0.2, 0.25) is 0 Å². The van der Waals surface area contributed by atoms with Crippen LogP contribution < -0.4 is 9.80 Å². The standard InChI is InChI=1S/C61H52N2/c1-42(44-28-32-48(33-29-44)62(46-20-9-7-10-21-46)50-36-38-54-52-24-13-15-26-56(52)60(3,4)58(54)40-50)18-17-19-43(2)45-30-34-49(35-31-45)63(47-22-11-8-12-23-47)51-37-39-55-53-25-14-16-27-57(53)61(5,6)59(55)41-51/h7-41H,1H2,2-6H3/b18-17-,43-19+. The van der Waals surface area contributed by atoms with E-state index >= 15 is 0 Å². The topological polar surface area (TPSA) is 6.48 Å². The molecule has 8 aromatic rings. The molecule has 8 aromatic carbocycles. The summed E-state index contributed by atoms with van der Waals surface area (Å²) in [7, 11) is 0. The van der Waals surface area contributed by atoms with Crippen molar-refractivity contribution < 1.29 is 0 Å². The number of fused-ring (bicyclic) bond motifs is 6. The van der Waals surface area contributed by atoms with E-state index in [0.717, 1.165) is 45.3 Å². The summed E-state index contributed by atoms with van der Waals surface area (Å²) in [6.45, 7) is 16.0. The molecule has 0 fully saturated rings. The summed E-state index contributed by atoms with van der Waals surface area (Å²) in [5, 5.41) is 0. The minimum atomic E-state index is -0.0764. The Morgan fingerprint density at radius 1 is 0.397 bits per heavy atom. The van der Waals surface area contributed by atoms with Crippen molar-refractivity contribution in [3.05, 3.63) is 252 Å². The van der Waals surface area contributed by atoms with E-state index in [4.69, 9.17) is 0 Å². The molecule has 2 aliphatic rings. The summed E-state index contributed by atoms with van der Waals surface area (Å²) in [6, 6.07) is 70.6. The fourth-order valence-corrected chi connectivity index (χ4v) is 9.91. The first-order valence-electron chi connectivity index (χ1n) is 22.0. The zero-order valence-corrected chi connectivity index (χ0v) is 36.8. The summed E-state index contributed by atoms with van der Waals surface area (Å²) >= 11 is 0. The number of nitrogens with zero attached hydrogens (tertiary/aromatic N) is 2. The van der Waals surface area contributed by atoms with Gasteiger partial charge in [0.15, 0.2) is 0 Å². The maximum absolute atomic E-state index is 4.46. The van der Waals surface area contributed by atoms with Gasteiger partial charge in [0.1, 0.15) is 0 Å². The van der Waals surface area contributed by atoms with Crippen LogP contribution in [-0.2, 0) is 10.8 Å². The Bertz CT molecular complexity index is 3060.